The summed E-state index contributed by atoms with van der Waals surface area (Å²) in [6.45, 7) is 2.06. The lowest BCUT2D eigenvalue weighted by Gasteiger charge is -2.06. The lowest BCUT2D eigenvalue weighted by molar-refractivity contribution is -0.134. The van der Waals surface area contributed by atoms with E-state index in [1.54, 1.807) is 55.5 Å². The monoisotopic (exact) mass is 318 g/mol. The van der Waals surface area contributed by atoms with Gasteiger partial charge in [0.25, 0.3) is 0 Å². The van der Waals surface area contributed by atoms with Crippen LogP contribution in [0.5, 0.6) is 11.5 Å². The maximum atomic E-state index is 11.1. The molecule has 0 spiro atoms. The van der Waals surface area contributed by atoms with Gasteiger partial charge in [-0.25, -0.2) is 4.79 Å². The summed E-state index contributed by atoms with van der Waals surface area (Å²) in [4.78, 5) is 11.1. The first-order valence-electron chi connectivity index (χ1n) is 6.66. The minimum atomic E-state index is -0.488. The van der Waals surface area contributed by atoms with Crippen molar-refractivity contribution < 1.29 is 14.3 Å². The molecular formula is C16H15ClN2O3. The molecule has 2 rings (SSSR count). The van der Waals surface area contributed by atoms with Crippen LogP contribution in [0.4, 0.5) is 5.69 Å². The Morgan fingerprint density at radius 1 is 1.14 bits per heavy atom. The molecule has 0 unspecified atom stereocenters. The lowest BCUT2D eigenvalue weighted by Crippen LogP contribution is -2.06. The van der Waals surface area contributed by atoms with Crippen LogP contribution in [-0.2, 0) is 9.53 Å². The number of anilines is 1. The van der Waals surface area contributed by atoms with E-state index in [-0.39, 0.29) is 0 Å². The van der Waals surface area contributed by atoms with Crippen molar-refractivity contribution in [3.05, 3.63) is 53.6 Å². The maximum absolute atomic E-state index is 11.1. The van der Waals surface area contributed by atoms with Gasteiger partial charge >= 0.3 is 5.97 Å². The van der Waals surface area contributed by atoms with E-state index in [9.17, 15) is 4.79 Å². The van der Waals surface area contributed by atoms with Gasteiger partial charge in [0, 0.05) is 5.02 Å². The average molecular weight is 319 g/mol. The van der Waals surface area contributed by atoms with Gasteiger partial charge in [-0.2, -0.15) is 5.10 Å². The zero-order chi connectivity index (χ0) is 15.8. The molecule has 0 fully saturated rings. The topological polar surface area (TPSA) is 59.9 Å². The quantitative estimate of drug-likeness (QED) is 0.495. The molecule has 2 aromatic rings. The molecular weight excluding hydrogens is 304 g/mol. The second kappa shape index (κ2) is 8.05. The molecule has 1 N–H and O–H groups in total. The van der Waals surface area contributed by atoms with Crippen molar-refractivity contribution >= 4 is 29.5 Å². The number of hydrazone groups is 1. The minimum absolute atomic E-state index is 0.321. The van der Waals surface area contributed by atoms with E-state index in [1.807, 2.05) is 0 Å². The standard InChI is InChI=1S/C16H15ClN2O3/c1-2-21-16(20)11-18-19-13-5-9-15(10-6-13)22-14-7-3-12(17)4-8-14/h3-11,19H,2H2,1H3. The van der Waals surface area contributed by atoms with Gasteiger partial charge in [-0.15, -0.1) is 0 Å². The van der Waals surface area contributed by atoms with Gasteiger partial charge in [-0.3, -0.25) is 5.43 Å². The van der Waals surface area contributed by atoms with Crippen LogP contribution in [0.1, 0.15) is 6.92 Å². The first-order chi connectivity index (χ1) is 10.7. The minimum Gasteiger partial charge on any atom is -0.462 e. The van der Waals surface area contributed by atoms with Gasteiger partial charge < -0.3 is 9.47 Å². The normalized spacial score (nSPS) is 10.5. The van der Waals surface area contributed by atoms with Crippen molar-refractivity contribution in [3.63, 3.8) is 0 Å². The van der Waals surface area contributed by atoms with E-state index < -0.39 is 5.97 Å². The number of esters is 1. The van der Waals surface area contributed by atoms with Crippen LogP contribution in [0, 0.1) is 0 Å². The van der Waals surface area contributed by atoms with E-state index in [0.29, 0.717) is 23.1 Å². The van der Waals surface area contributed by atoms with Gasteiger partial charge in [0.1, 0.15) is 17.7 Å². The molecule has 0 aliphatic heterocycles. The third-order valence-electron chi connectivity index (χ3n) is 2.55. The molecule has 0 amide bonds. The number of nitrogens with zero attached hydrogens (tertiary/aromatic N) is 1. The molecule has 5 nitrogen and oxygen atoms in total. The molecule has 0 atom stereocenters. The molecule has 0 aliphatic carbocycles. The smallest absolute Gasteiger partial charge is 0.351 e. The Morgan fingerprint density at radius 3 is 2.32 bits per heavy atom. The predicted molar refractivity (Wildman–Crippen MR) is 86.7 cm³/mol. The number of carbonyl (C=O) groups is 1. The Hall–Kier alpha value is -2.53. The molecule has 114 valence electrons. The highest BCUT2D eigenvalue weighted by molar-refractivity contribution is 6.30. The summed E-state index contributed by atoms with van der Waals surface area (Å²) in [6, 6.07) is 14.2. The first-order valence-corrected chi connectivity index (χ1v) is 7.04. The average Bonchev–Trinajstić information content (AvgIpc) is 2.52. The number of carbonyl (C=O) groups excluding carboxylic acids is 1. The number of halogens is 1. The van der Waals surface area contributed by atoms with Crippen LogP contribution < -0.4 is 10.2 Å². The SMILES string of the molecule is CCOC(=O)C=NNc1ccc(Oc2ccc(Cl)cc2)cc1. The largest absolute Gasteiger partial charge is 0.462 e. The summed E-state index contributed by atoms with van der Waals surface area (Å²) in [7, 11) is 0. The number of hydrogen-bond acceptors (Lipinski definition) is 5. The van der Waals surface area contributed by atoms with Crippen molar-refractivity contribution in [1.29, 1.82) is 0 Å². The molecule has 0 bridgehead atoms. The molecule has 22 heavy (non-hydrogen) atoms. The van der Waals surface area contributed by atoms with Gasteiger partial charge in [0.15, 0.2) is 0 Å². The van der Waals surface area contributed by atoms with Gasteiger partial charge in [-0.05, 0) is 55.5 Å². The summed E-state index contributed by atoms with van der Waals surface area (Å²) in [6.07, 6.45) is 1.08. The van der Waals surface area contributed by atoms with Crippen molar-refractivity contribution in [2.24, 2.45) is 5.10 Å². The Labute approximate surface area is 133 Å². The fourth-order valence-corrected chi connectivity index (χ4v) is 1.70. The molecule has 2 aromatic carbocycles. The number of ether oxygens (including phenoxy) is 2. The first kappa shape index (κ1) is 15.9. The highest BCUT2D eigenvalue weighted by Crippen LogP contribution is 2.24. The Kier molecular flexibility index (Phi) is 5.80. The van der Waals surface area contributed by atoms with Crippen LogP contribution in [-0.4, -0.2) is 18.8 Å². The number of benzene rings is 2. The summed E-state index contributed by atoms with van der Waals surface area (Å²) < 4.78 is 10.4. The third-order valence-corrected chi connectivity index (χ3v) is 2.81. The van der Waals surface area contributed by atoms with E-state index >= 15 is 0 Å². The highest BCUT2D eigenvalue weighted by Gasteiger charge is 1.98. The van der Waals surface area contributed by atoms with E-state index in [0.717, 1.165) is 11.9 Å². The second-order valence-electron chi connectivity index (χ2n) is 4.20. The van der Waals surface area contributed by atoms with E-state index in [4.69, 9.17) is 21.1 Å². The molecule has 0 saturated heterocycles. The molecule has 0 aromatic heterocycles. The number of nitrogens with one attached hydrogen (secondary N) is 1. The molecule has 6 heteroatoms. The molecule has 0 aliphatic rings. The summed E-state index contributed by atoms with van der Waals surface area (Å²) in [5, 5.41) is 4.44. The van der Waals surface area contributed by atoms with Gasteiger partial charge in [-0.1, -0.05) is 11.6 Å². The second-order valence-corrected chi connectivity index (χ2v) is 4.64. The van der Waals surface area contributed by atoms with Crippen molar-refractivity contribution in [2.45, 2.75) is 6.92 Å². The van der Waals surface area contributed by atoms with E-state index in [1.165, 1.54) is 0 Å². The third kappa shape index (κ3) is 5.10. The van der Waals surface area contributed by atoms with Crippen LogP contribution in [0.15, 0.2) is 53.6 Å². The number of rotatable bonds is 6. The van der Waals surface area contributed by atoms with Crippen molar-refractivity contribution in [3.8, 4) is 11.5 Å². The van der Waals surface area contributed by atoms with Crippen LogP contribution in [0.3, 0.4) is 0 Å². The lowest BCUT2D eigenvalue weighted by atomic mass is 10.3. The summed E-state index contributed by atoms with van der Waals surface area (Å²) >= 11 is 5.82. The Bertz CT molecular complexity index is 639. The fourth-order valence-electron chi connectivity index (χ4n) is 1.58. The van der Waals surface area contributed by atoms with Gasteiger partial charge in [0.05, 0.1) is 12.3 Å². The van der Waals surface area contributed by atoms with E-state index in [2.05, 4.69) is 10.5 Å². The zero-order valence-electron chi connectivity index (χ0n) is 12.0. The fraction of sp³-hybridized carbons (Fsp3) is 0.125. The molecule has 0 saturated carbocycles. The Balaban J connectivity index is 1.90. The maximum Gasteiger partial charge on any atom is 0.351 e. The van der Waals surface area contributed by atoms with Crippen LogP contribution in [0.25, 0.3) is 0 Å². The van der Waals surface area contributed by atoms with Crippen LogP contribution >= 0.6 is 11.6 Å². The Morgan fingerprint density at radius 2 is 1.73 bits per heavy atom. The molecule has 0 radical (unpaired) electrons. The zero-order valence-corrected chi connectivity index (χ0v) is 12.7. The summed E-state index contributed by atoms with van der Waals surface area (Å²) in [5.74, 6) is 0.894. The molecule has 0 heterocycles. The number of hydrogen-bond donors (Lipinski definition) is 1. The van der Waals surface area contributed by atoms with Crippen molar-refractivity contribution in [1.82, 2.24) is 0 Å². The highest BCUT2D eigenvalue weighted by atomic mass is 35.5. The predicted octanol–water partition coefficient (Wildman–Crippen LogP) is 4.09. The van der Waals surface area contributed by atoms with Crippen molar-refractivity contribution in [2.75, 3.05) is 12.0 Å². The van der Waals surface area contributed by atoms with Crippen LogP contribution in [0.2, 0.25) is 5.02 Å². The van der Waals surface area contributed by atoms with Gasteiger partial charge in [0.2, 0.25) is 0 Å². The summed E-state index contributed by atoms with van der Waals surface area (Å²) in [5.41, 5.74) is 3.45.